The Hall–Kier alpha value is -2.70. The Labute approximate surface area is 176 Å². The summed E-state index contributed by atoms with van der Waals surface area (Å²) in [5.74, 6) is -0.255. The molecule has 5 rings (SSSR count). The minimum atomic E-state index is -0.535. The first-order valence-electron chi connectivity index (χ1n) is 10.6. The van der Waals surface area contributed by atoms with Crippen molar-refractivity contribution in [2.24, 2.45) is 0 Å². The molecular weight excluding hydrogens is 380 g/mol. The summed E-state index contributed by atoms with van der Waals surface area (Å²) in [5.41, 5.74) is 4.53. The number of amides is 2. The second kappa shape index (κ2) is 8.20. The molecule has 2 aromatic carbocycles. The summed E-state index contributed by atoms with van der Waals surface area (Å²) in [6.45, 7) is 1.69. The molecule has 3 saturated heterocycles. The fraction of sp³-hybridized carbons (Fsp3) is 0.417. The monoisotopic (exact) mass is 406 g/mol. The Kier molecular flexibility index (Phi) is 5.27. The lowest BCUT2D eigenvalue weighted by Gasteiger charge is -2.30. The summed E-state index contributed by atoms with van der Waals surface area (Å²) >= 11 is 0. The number of rotatable bonds is 8. The number of ether oxygens (including phenoxy) is 2. The maximum atomic E-state index is 12.6. The Morgan fingerprint density at radius 1 is 0.600 bits per heavy atom. The van der Waals surface area contributed by atoms with Crippen LogP contribution >= 0.6 is 0 Å². The molecule has 3 heterocycles. The van der Waals surface area contributed by atoms with Crippen LogP contribution in [0, 0.1) is 0 Å². The highest BCUT2D eigenvalue weighted by atomic mass is 16.6. The van der Waals surface area contributed by atoms with Crippen LogP contribution in [0.15, 0.2) is 48.5 Å². The molecule has 3 fully saturated rings. The van der Waals surface area contributed by atoms with Gasteiger partial charge in [-0.15, -0.1) is 0 Å². The Morgan fingerprint density at radius 3 is 1.20 bits per heavy atom. The summed E-state index contributed by atoms with van der Waals surface area (Å²) in [6.07, 6.45) is 3.56. The van der Waals surface area contributed by atoms with E-state index in [1.807, 2.05) is 24.3 Å². The Bertz CT molecular complexity index is 840. The topological polar surface area (TPSA) is 83.3 Å². The molecule has 3 aliphatic heterocycles. The van der Waals surface area contributed by atoms with Gasteiger partial charge >= 0.3 is 0 Å². The summed E-state index contributed by atoms with van der Waals surface area (Å²) < 4.78 is 10.5. The van der Waals surface area contributed by atoms with Gasteiger partial charge in [0, 0.05) is 25.7 Å². The predicted octanol–water partition coefficient (Wildman–Crippen LogP) is 1.34. The third-order valence-electron chi connectivity index (χ3n) is 5.92. The van der Waals surface area contributed by atoms with Gasteiger partial charge in [0.15, 0.2) is 0 Å². The van der Waals surface area contributed by atoms with Gasteiger partial charge in [0.1, 0.15) is 12.1 Å². The van der Waals surface area contributed by atoms with Crippen LogP contribution in [0.4, 0.5) is 0 Å². The smallest absolute Gasteiger partial charge is 0.243 e. The van der Waals surface area contributed by atoms with Gasteiger partial charge in [0.25, 0.3) is 0 Å². The molecule has 6 heteroatoms. The first-order valence-corrected chi connectivity index (χ1v) is 10.6. The molecular formula is C24H26N2O4. The Balaban J connectivity index is 1.15. The van der Waals surface area contributed by atoms with Crippen molar-refractivity contribution in [3.05, 3.63) is 70.8 Å². The van der Waals surface area contributed by atoms with E-state index < -0.39 is 12.1 Å². The van der Waals surface area contributed by atoms with E-state index in [0.717, 1.165) is 37.2 Å². The molecule has 0 aromatic heterocycles. The molecule has 2 aromatic rings. The van der Waals surface area contributed by atoms with Crippen LogP contribution in [0.5, 0.6) is 0 Å². The standard InChI is InChI=1S/C24H26N2O4/c27-23-21(11-17-5-1-15(2-6-17)9-19-13-29-19)25-24(28)22(26-23)12-18-7-3-16(4-8-18)10-20-14-30-20/h1-8,19-22H,9-14H2,(H,25,28)(H,26,27). The third-order valence-corrected chi connectivity index (χ3v) is 5.92. The normalized spacial score (nSPS) is 27.3. The molecule has 0 bridgehead atoms. The molecule has 156 valence electrons. The first kappa shape index (κ1) is 19.3. The van der Waals surface area contributed by atoms with E-state index in [0.29, 0.717) is 25.0 Å². The third kappa shape index (κ3) is 4.89. The average Bonchev–Trinajstić information content (AvgIpc) is 3.66. The van der Waals surface area contributed by atoms with Gasteiger partial charge in [0.05, 0.1) is 25.4 Å². The molecule has 0 spiro atoms. The number of hydrogen-bond acceptors (Lipinski definition) is 4. The van der Waals surface area contributed by atoms with Gasteiger partial charge in [-0.2, -0.15) is 0 Å². The average molecular weight is 406 g/mol. The quantitative estimate of drug-likeness (QED) is 0.648. The van der Waals surface area contributed by atoms with Crippen molar-refractivity contribution in [1.29, 1.82) is 0 Å². The zero-order valence-electron chi connectivity index (χ0n) is 16.8. The van der Waals surface area contributed by atoms with Gasteiger partial charge in [-0.1, -0.05) is 48.5 Å². The molecule has 4 unspecified atom stereocenters. The van der Waals surface area contributed by atoms with E-state index in [-0.39, 0.29) is 11.8 Å². The van der Waals surface area contributed by atoms with Crippen molar-refractivity contribution < 1.29 is 19.1 Å². The maximum Gasteiger partial charge on any atom is 0.243 e. The first-order chi connectivity index (χ1) is 14.6. The van der Waals surface area contributed by atoms with E-state index in [2.05, 4.69) is 34.9 Å². The molecule has 0 saturated carbocycles. The minimum absolute atomic E-state index is 0.127. The minimum Gasteiger partial charge on any atom is -0.373 e. The lowest BCUT2D eigenvalue weighted by Crippen LogP contribution is -2.62. The van der Waals surface area contributed by atoms with Crippen LogP contribution in [-0.4, -0.2) is 49.3 Å². The van der Waals surface area contributed by atoms with Crippen molar-refractivity contribution in [1.82, 2.24) is 10.6 Å². The van der Waals surface area contributed by atoms with Gasteiger partial charge in [-0.3, -0.25) is 9.59 Å². The SMILES string of the molecule is O=C1NC(Cc2ccc(CC3CO3)cc2)C(=O)NC1Cc1ccc(CC2CO2)cc1. The highest BCUT2D eigenvalue weighted by Gasteiger charge is 2.33. The Morgan fingerprint density at radius 2 is 0.900 bits per heavy atom. The number of hydrogen-bond donors (Lipinski definition) is 2. The van der Waals surface area contributed by atoms with Crippen LogP contribution in [0.25, 0.3) is 0 Å². The van der Waals surface area contributed by atoms with Crippen LogP contribution < -0.4 is 10.6 Å². The van der Waals surface area contributed by atoms with Crippen LogP contribution in [0.3, 0.4) is 0 Å². The van der Waals surface area contributed by atoms with Gasteiger partial charge < -0.3 is 20.1 Å². The second-order valence-corrected chi connectivity index (χ2v) is 8.48. The fourth-order valence-electron chi connectivity index (χ4n) is 3.96. The fourth-order valence-corrected chi connectivity index (χ4v) is 3.96. The molecule has 30 heavy (non-hydrogen) atoms. The summed E-state index contributed by atoms with van der Waals surface area (Å²) in [5, 5.41) is 5.80. The second-order valence-electron chi connectivity index (χ2n) is 8.48. The molecule has 6 nitrogen and oxygen atoms in total. The number of nitrogens with one attached hydrogen (secondary N) is 2. The van der Waals surface area contributed by atoms with Crippen LogP contribution in [-0.2, 0) is 44.7 Å². The van der Waals surface area contributed by atoms with Crippen molar-refractivity contribution >= 4 is 11.8 Å². The number of epoxide rings is 2. The summed E-state index contributed by atoms with van der Waals surface area (Å²) in [4.78, 5) is 25.2. The molecule has 0 aliphatic carbocycles. The number of carbonyl (C=O) groups excluding carboxylic acids is 2. The van der Waals surface area contributed by atoms with Crippen LogP contribution in [0.2, 0.25) is 0 Å². The van der Waals surface area contributed by atoms with Crippen molar-refractivity contribution in [3.8, 4) is 0 Å². The number of carbonyl (C=O) groups is 2. The van der Waals surface area contributed by atoms with E-state index in [9.17, 15) is 9.59 Å². The van der Waals surface area contributed by atoms with Crippen molar-refractivity contribution in [3.63, 3.8) is 0 Å². The molecule has 2 N–H and O–H groups in total. The van der Waals surface area contributed by atoms with Crippen molar-refractivity contribution in [2.45, 2.75) is 50.0 Å². The summed E-state index contributed by atoms with van der Waals surface area (Å²) in [7, 11) is 0. The molecule has 4 atom stereocenters. The summed E-state index contributed by atoms with van der Waals surface area (Å²) in [6, 6.07) is 15.3. The number of benzene rings is 2. The molecule has 0 radical (unpaired) electrons. The largest absolute Gasteiger partial charge is 0.373 e. The highest BCUT2D eigenvalue weighted by molar-refractivity contribution is 5.97. The van der Waals surface area contributed by atoms with E-state index >= 15 is 0 Å². The van der Waals surface area contributed by atoms with Gasteiger partial charge in [-0.25, -0.2) is 0 Å². The van der Waals surface area contributed by atoms with Crippen LogP contribution in [0.1, 0.15) is 22.3 Å². The van der Waals surface area contributed by atoms with E-state index in [1.165, 1.54) is 11.1 Å². The lowest BCUT2D eigenvalue weighted by atomic mass is 9.97. The zero-order chi connectivity index (χ0) is 20.5. The van der Waals surface area contributed by atoms with E-state index in [4.69, 9.17) is 9.47 Å². The number of piperazine rings is 1. The highest BCUT2D eigenvalue weighted by Crippen LogP contribution is 2.19. The molecule has 2 amide bonds. The molecule has 3 aliphatic rings. The van der Waals surface area contributed by atoms with Gasteiger partial charge in [0.2, 0.25) is 11.8 Å². The predicted molar refractivity (Wildman–Crippen MR) is 111 cm³/mol. The van der Waals surface area contributed by atoms with Gasteiger partial charge in [-0.05, 0) is 22.3 Å². The van der Waals surface area contributed by atoms with Crippen molar-refractivity contribution in [2.75, 3.05) is 13.2 Å². The maximum absolute atomic E-state index is 12.6. The zero-order valence-corrected chi connectivity index (χ0v) is 16.8. The van der Waals surface area contributed by atoms with E-state index in [1.54, 1.807) is 0 Å². The lowest BCUT2D eigenvalue weighted by molar-refractivity contribution is -0.136.